The molecule has 1 aromatic heterocycles. The molecule has 0 bridgehead atoms. The molecule has 2 heterocycles. The standard InChI is InChI=1S/C24H29NO6/c1-12-11-16-20(22(26)18(12)23(27)29-4)21(17-10-9-13(2)30-17)19(14(3)25-16)24(28)31-15-7-5-6-8-15/h9-10,12,15,18,21,25H,5-8,11H2,1-4H3/t12-,18+,21+/m1/s1. The van der Waals surface area contributed by atoms with Crippen molar-refractivity contribution in [1.82, 2.24) is 5.32 Å². The minimum absolute atomic E-state index is 0.105. The van der Waals surface area contributed by atoms with Crippen LogP contribution in [0.25, 0.3) is 0 Å². The Labute approximate surface area is 181 Å². The fourth-order valence-electron chi connectivity index (χ4n) is 5.07. The maximum Gasteiger partial charge on any atom is 0.337 e. The molecule has 7 nitrogen and oxygen atoms in total. The number of ketones is 1. The van der Waals surface area contributed by atoms with E-state index in [0.717, 1.165) is 31.4 Å². The number of Topliss-reactive ketones (excluding diaryl/α,β-unsaturated/α-hetero) is 1. The lowest BCUT2D eigenvalue weighted by Gasteiger charge is -2.37. The monoisotopic (exact) mass is 427 g/mol. The first-order valence-corrected chi connectivity index (χ1v) is 10.9. The number of carbonyl (C=O) groups excluding carboxylic acids is 3. The number of carbonyl (C=O) groups is 3. The number of furan rings is 1. The third kappa shape index (κ3) is 3.82. The van der Waals surface area contributed by atoms with Crippen molar-refractivity contribution in [2.24, 2.45) is 11.8 Å². The maximum atomic E-state index is 13.6. The van der Waals surface area contributed by atoms with E-state index in [9.17, 15) is 14.4 Å². The highest BCUT2D eigenvalue weighted by atomic mass is 16.5. The van der Waals surface area contributed by atoms with Crippen LogP contribution in [0.1, 0.15) is 63.4 Å². The average Bonchev–Trinajstić information content (AvgIpc) is 3.38. The molecule has 0 amide bonds. The number of rotatable bonds is 4. The van der Waals surface area contributed by atoms with Gasteiger partial charge in [0, 0.05) is 17.0 Å². The predicted molar refractivity (Wildman–Crippen MR) is 112 cm³/mol. The summed E-state index contributed by atoms with van der Waals surface area (Å²) in [6, 6.07) is 3.59. The van der Waals surface area contributed by atoms with Gasteiger partial charge in [-0.05, 0) is 64.0 Å². The van der Waals surface area contributed by atoms with Crippen molar-refractivity contribution >= 4 is 17.7 Å². The highest BCUT2D eigenvalue weighted by Crippen LogP contribution is 2.46. The van der Waals surface area contributed by atoms with Gasteiger partial charge in [0.05, 0.1) is 18.6 Å². The molecule has 3 atom stereocenters. The molecule has 31 heavy (non-hydrogen) atoms. The van der Waals surface area contributed by atoms with Crippen LogP contribution in [0.2, 0.25) is 0 Å². The molecule has 166 valence electrons. The summed E-state index contributed by atoms with van der Waals surface area (Å²) in [7, 11) is 1.28. The van der Waals surface area contributed by atoms with Gasteiger partial charge in [0.2, 0.25) is 0 Å². The predicted octanol–water partition coefficient (Wildman–Crippen LogP) is 3.69. The van der Waals surface area contributed by atoms with E-state index in [-0.39, 0.29) is 17.8 Å². The van der Waals surface area contributed by atoms with Crippen LogP contribution in [0.15, 0.2) is 39.1 Å². The Balaban J connectivity index is 1.78. The van der Waals surface area contributed by atoms with E-state index >= 15 is 0 Å². The summed E-state index contributed by atoms with van der Waals surface area (Å²) in [5.41, 5.74) is 2.14. The molecule has 0 saturated heterocycles. The van der Waals surface area contributed by atoms with Crippen molar-refractivity contribution in [2.75, 3.05) is 7.11 Å². The van der Waals surface area contributed by atoms with Gasteiger partial charge in [0.1, 0.15) is 23.5 Å². The van der Waals surface area contributed by atoms with Gasteiger partial charge in [-0.2, -0.15) is 0 Å². The zero-order valence-corrected chi connectivity index (χ0v) is 18.4. The van der Waals surface area contributed by atoms with Crippen molar-refractivity contribution in [3.8, 4) is 0 Å². The van der Waals surface area contributed by atoms with E-state index in [4.69, 9.17) is 13.9 Å². The molecule has 1 fully saturated rings. The zero-order chi connectivity index (χ0) is 22.3. The van der Waals surface area contributed by atoms with E-state index in [0.29, 0.717) is 34.8 Å². The van der Waals surface area contributed by atoms with Gasteiger partial charge in [-0.3, -0.25) is 9.59 Å². The van der Waals surface area contributed by atoms with Crippen LogP contribution in [0.5, 0.6) is 0 Å². The summed E-state index contributed by atoms with van der Waals surface area (Å²) in [4.78, 5) is 39.3. The Hall–Kier alpha value is -2.83. The van der Waals surface area contributed by atoms with Crippen molar-refractivity contribution in [3.63, 3.8) is 0 Å². The molecule has 1 saturated carbocycles. The molecule has 7 heteroatoms. The molecule has 4 rings (SSSR count). The van der Waals surface area contributed by atoms with Crippen molar-refractivity contribution < 1.29 is 28.3 Å². The Bertz CT molecular complexity index is 978. The topological polar surface area (TPSA) is 94.8 Å². The van der Waals surface area contributed by atoms with E-state index in [1.165, 1.54) is 7.11 Å². The zero-order valence-electron chi connectivity index (χ0n) is 18.4. The third-order valence-electron chi connectivity index (χ3n) is 6.58. The Morgan fingerprint density at radius 1 is 1.16 bits per heavy atom. The number of aryl methyl sites for hydroxylation is 1. The van der Waals surface area contributed by atoms with Gasteiger partial charge < -0.3 is 19.2 Å². The molecule has 1 aromatic rings. The van der Waals surface area contributed by atoms with E-state index < -0.39 is 23.8 Å². The molecule has 0 spiro atoms. The van der Waals surface area contributed by atoms with Gasteiger partial charge in [0.15, 0.2) is 5.78 Å². The van der Waals surface area contributed by atoms with Crippen LogP contribution in [-0.4, -0.2) is 30.9 Å². The second-order valence-corrected chi connectivity index (χ2v) is 8.80. The number of ether oxygens (including phenoxy) is 2. The molecule has 0 radical (unpaired) electrons. The molecule has 3 aliphatic rings. The maximum absolute atomic E-state index is 13.6. The minimum Gasteiger partial charge on any atom is -0.468 e. The van der Waals surface area contributed by atoms with Crippen LogP contribution >= 0.6 is 0 Å². The summed E-state index contributed by atoms with van der Waals surface area (Å²) in [6.45, 7) is 5.49. The molecular formula is C24H29NO6. The molecule has 0 unspecified atom stereocenters. The van der Waals surface area contributed by atoms with E-state index in [1.807, 2.05) is 20.8 Å². The number of esters is 2. The van der Waals surface area contributed by atoms with E-state index in [2.05, 4.69) is 5.32 Å². The summed E-state index contributed by atoms with van der Waals surface area (Å²) >= 11 is 0. The molecule has 1 N–H and O–H groups in total. The van der Waals surface area contributed by atoms with Crippen molar-refractivity contribution in [2.45, 2.75) is 64.9 Å². The lowest BCUT2D eigenvalue weighted by Crippen LogP contribution is -2.43. The fraction of sp³-hybridized carbons (Fsp3) is 0.542. The third-order valence-corrected chi connectivity index (χ3v) is 6.58. The summed E-state index contributed by atoms with van der Waals surface area (Å²) in [6.07, 6.45) is 4.19. The first-order valence-electron chi connectivity index (χ1n) is 10.9. The van der Waals surface area contributed by atoms with Crippen LogP contribution in [0, 0.1) is 18.8 Å². The number of hydrogen-bond donors (Lipinski definition) is 1. The largest absolute Gasteiger partial charge is 0.468 e. The smallest absolute Gasteiger partial charge is 0.337 e. The van der Waals surface area contributed by atoms with Crippen LogP contribution in [0.3, 0.4) is 0 Å². The Morgan fingerprint density at radius 3 is 2.48 bits per heavy atom. The second kappa shape index (κ2) is 8.36. The second-order valence-electron chi connectivity index (χ2n) is 8.80. The quantitative estimate of drug-likeness (QED) is 0.578. The lowest BCUT2D eigenvalue weighted by molar-refractivity contribution is -0.151. The first-order chi connectivity index (χ1) is 14.8. The summed E-state index contributed by atoms with van der Waals surface area (Å²) in [5, 5.41) is 3.26. The number of allylic oxidation sites excluding steroid dienone is 3. The summed E-state index contributed by atoms with van der Waals surface area (Å²) < 4.78 is 16.6. The molecular weight excluding hydrogens is 398 g/mol. The highest BCUT2D eigenvalue weighted by Gasteiger charge is 2.48. The fourth-order valence-corrected chi connectivity index (χ4v) is 5.07. The Kier molecular flexibility index (Phi) is 5.77. The highest BCUT2D eigenvalue weighted by molar-refractivity contribution is 6.12. The number of hydrogen-bond acceptors (Lipinski definition) is 7. The number of methoxy groups -OCH3 is 1. The van der Waals surface area contributed by atoms with E-state index in [1.54, 1.807) is 12.1 Å². The van der Waals surface area contributed by atoms with Gasteiger partial charge in [-0.1, -0.05) is 6.92 Å². The summed E-state index contributed by atoms with van der Waals surface area (Å²) in [5.74, 6) is -1.99. The first kappa shape index (κ1) is 21.4. The minimum atomic E-state index is -0.908. The SMILES string of the molecule is COC(=O)[C@@H]1C(=O)C2=C(C[C@H]1C)NC(C)=C(C(=O)OC1CCCC1)[C@@H]2c1ccc(C)o1. The van der Waals surface area contributed by atoms with Gasteiger partial charge >= 0.3 is 11.9 Å². The number of nitrogens with one attached hydrogen (secondary N) is 1. The lowest BCUT2D eigenvalue weighted by atomic mass is 9.70. The van der Waals surface area contributed by atoms with Gasteiger partial charge in [0.25, 0.3) is 0 Å². The van der Waals surface area contributed by atoms with Gasteiger partial charge in [-0.25, -0.2) is 4.79 Å². The molecule has 2 aliphatic carbocycles. The molecule has 1 aliphatic heterocycles. The average molecular weight is 427 g/mol. The Morgan fingerprint density at radius 2 is 1.87 bits per heavy atom. The van der Waals surface area contributed by atoms with Crippen LogP contribution in [0.4, 0.5) is 0 Å². The van der Waals surface area contributed by atoms with Crippen LogP contribution < -0.4 is 5.32 Å². The normalized spacial score (nSPS) is 26.6. The van der Waals surface area contributed by atoms with Crippen molar-refractivity contribution in [3.05, 3.63) is 46.2 Å². The van der Waals surface area contributed by atoms with Crippen LogP contribution in [-0.2, 0) is 23.9 Å². The van der Waals surface area contributed by atoms with Gasteiger partial charge in [-0.15, -0.1) is 0 Å². The van der Waals surface area contributed by atoms with Crippen molar-refractivity contribution in [1.29, 1.82) is 0 Å². The molecule has 0 aromatic carbocycles. The number of dihydropyridines is 1.